The van der Waals surface area contributed by atoms with Crippen LogP contribution in [0.4, 0.5) is 5.69 Å². The standard InChI is InChI=1S/C9H8ClNS/c1-5-6-3-2-4-7(10)8(6)11-9(5)12/h2-5H,1H3,(H,11,12). The van der Waals surface area contributed by atoms with Crippen molar-refractivity contribution < 1.29 is 0 Å². The number of halogens is 1. The van der Waals surface area contributed by atoms with Crippen molar-refractivity contribution in [3.05, 3.63) is 28.8 Å². The highest BCUT2D eigenvalue weighted by molar-refractivity contribution is 7.80. The summed E-state index contributed by atoms with van der Waals surface area (Å²) in [6.45, 7) is 2.08. The first-order chi connectivity index (χ1) is 5.70. The van der Waals surface area contributed by atoms with Gasteiger partial charge in [0.05, 0.1) is 15.7 Å². The number of anilines is 1. The fourth-order valence-electron chi connectivity index (χ4n) is 1.41. The largest absolute Gasteiger partial charge is 0.348 e. The lowest BCUT2D eigenvalue weighted by atomic mass is 10.0. The van der Waals surface area contributed by atoms with Crippen molar-refractivity contribution in [3.63, 3.8) is 0 Å². The predicted octanol–water partition coefficient (Wildman–Crippen LogP) is 3.20. The number of benzene rings is 1. The summed E-state index contributed by atoms with van der Waals surface area (Å²) in [5, 5.41) is 3.86. The summed E-state index contributed by atoms with van der Waals surface area (Å²) in [7, 11) is 0. The molecule has 3 heteroatoms. The van der Waals surface area contributed by atoms with Crippen molar-refractivity contribution in [2.45, 2.75) is 12.8 Å². The predicted molar refractivity (Wildman–Crippen MR) is 56.1 cm³/mol. The zero-order valence-corrected chi connectivity index (χ0v) is 8.17. The molecule has 1 aliphatic rings. The van der Waals surface area contributed by atoms with Crippen molar-refractivity contribution in [2.24, 2.45) is 0 Å². The third-order valence-corrected chi connectivity index (χ3v) is 2.92. The molecule has 1 aliphatic heterocycles. The van der Waals surface area contributed by atoms with E-state index in [1.807, 2.05) is 12.1 Å². The lowest BCUT2D eigenvalue weighted by Gasteiger charge is -2.01. The van der Waals surface area contributed by atoms with Gasteiger partial charge in [0.1, 0.15) is 0 Å². The summed E-state index contributed by atoms with van der Waals surface area (Å²) in [4.78, 5) is 0.859. The normalized spacial score (nSPS) is 20.5. The molecular weight excluding hydrogens is 190 g/mol. The molecule has 1 heterocycles. The zero-order valence-electron chi connectivity index (χ0n) is 6.60. The highest BCUT2D eigenvalue weighted by atomic mass is 35.5. The molecule has 0 radical (unpaired) electrons. The molecule has 2 rings (SSSR count). The molecule has 1 aromatic rings. The number of fused-ring (bicyclic) bond motifs is 1. The first-order valence-electron chi connectivity index (χ1n) is 3.79. The van der Waals surface area contributed by atoms with E-state index >= 15 is 0 Å². The molecule has 0 saturated heterocycles. The summed E-state index contributed by atoms with van der Waals surface area (Å²) < 4.78 is 0. The minimum Gasteiger partial charge on any atom is -0.348 e. The smallest absolute Gasteiger partial charge is 0.0871 e. The summed E-state index contributed by atoms with van der Waals surface area (Å²) >= 11 is 11.1. The van der Waals surface area contributed by atoms with Gasteiger partial charge in [-0.3, -0.25) is 0 Å². The van der Waals surface area contributed by atoms with E-state index in [4.69, 9.17) is 23.8 Å². The van der Waals surface area contributed by atoms with E-state index < -0.39 is 0 Å². The second kappa shape index (κ2) is 2.71. The van der Waals surface area contributed by atoms with Gasteiger partial charge in [0.2, 0.25) is 0 Å². The van der Waals surface area contributed by atoms with Crippen molar-refractivity contribution >= 4 is 34.5 Å². The fourth-order valence-corrected chi connectivity index (χ4v) is 1.86. The van der Waals surface area contributed by atoms with Crippen molar-refractivity contribution in [1.29, 1.82) is 0 Å². The Labute approximate surface area is 81.7 Å². The van der Waals surface area contributed by atoms with Gasteiger partial charge in [0.25, 0.3) is 0 Å². The molecule has 0 amide bonds. The van der Waals surface area contributed by atoms with Crippen LogP contribution in [-0.4, -0.2) is 4.99 Å². The Morgan fingerprint density at radius 2 is 2.25 bits per heavy atom. The molecule has 1 nitrogen and oxygen atoms in total. The van der Waals surface area contributed by atoms with Gasteiger partial charge in [-0.05, 0) is 11.6 Å². The van der Waals surface area contributed by atoms with Crippen LogP contribution in [-0.2, 0) is 0 Å². The van der Waals surface area contributed by atoms with Crippen LogP contribution in [0.15, 0.2) is 18.2 Å². The van der Waals surface area contributed by atoms with Gasteiger partial charge in [-0.25, -0.2) is 0 Å². The molecule has 0 saturated carbocycles. The molecule has 12 heavy (non-hydrogen) atoms. The average molecular weight is 198 g/mol. The van der Waals surface area contributed by atoms with E-state index in [9.17, 15) is 0 Å². The SMILES string of the molecule is CC1C(=S)Nc2c(Cl)cccc21. The van der Waals surface area contributed by atoms with E-state index in [0.29, 0.717) is 5.92 Å². The Kier molecular flexibility index (Phi) is 1.81. The molecule has 1 atom stereocenters. The van der Waals surface area contributed by atoms with Gasteiger partial charge in [-0.2, -0.15) is 0 Å². The molecule has 1 N–H and O–H groups in total. The molecule has 0 aliphatic carbocycles. The summed E-state index contributed by atoms with van der Waals surface area (Å²) in [6, 6.07) is 5.87. The minimum atomic E-state index is 0.300. The van der Waals surface area contributed by atoms with Crippen LogP contribution in [0.5, 0.6) is 0 Å². The van der Waals surface area contributed by atoms with Gasteiger partial charge >= 0.3 is 0 Å². The molecule has 0 fully saturated rings. The second-order valence-electron chi connectivity index (χ2n) is 2.92. The van der Waals surface area contributed by atoms with Crippen LogP contribution in [0.2, 0.25) is 5.02 Å². The maximum absolute atomic E-state index is 5.98. The number of para-hydroxylation sites is 1. The van der Waals surface area contributed by atoms with Crippen molar-refractivity contribution in [1.82, 2.24) is 0 Å². The van der Waals surface area contributed by atoms with Gasteiger partial charge < -0.3 is 5.32 Å². The van der Waals surface area contributed by atoms with Crippen molar-refractivity contribution in [2.75, 3.05) is 5.32 Å². The first kappa shape index (κ1) is 8.02. The number of hydrogen-bond acceptors (Lipinski definition) is 1. The van der Waals surface area contributed by atoms with Crippen LogP contribution < -0.4 is 5.32 Å². The molecule has 0 aromatic heterocycles. The topological polar surface area (TPSA) is 12.0 Å². The van der Waals surface area contributed by atoms with E-state index in [1.54, 1.807) is 0 Å². The summed E-state index contributed by atoms with van der Waals surface area (Å²) in [5.74, 6) is 0.300. The van der Waals surface area contributed by atoms with E-state index in [2.05, 4.69) is 18.3 Å². The highest BCUT2D eigenvalue weighted by Gasteiger charge is 2.24. The summed E-state index contributed by atoms with van der Waals surface area (Å²) in [5.41, 5.74) is 2.18. The van der Waals surface area contributed by atoms with E-state index in [-0.39, 0.29) is 0 Å². The maximum atomic E-state index is 5.98. The Balaban J connectivity index is 2.60. The van der Waals surface area contributed by atoms with Crippen LogP contribution >= 0.6 is 23.8 Å². The third kappa shape index (κ3) is 1.03. The third-order valence-electron chi connectivity index (χ3n) is 2.15. The second-order valence-corrected chi connectivity index (χ2v) is 3.76. The zero-order chi connectivity index (χ0) is 8.72. The number of rotatable bonds is 0. The molecule has 62 valence electrons. The van der Waals surface area contributed by atoms with Crippen LogP contribution in [0.1, 0.15) is 18.4 Å². The monoisotopic (exact) mass is 197 g/mol. The Bertz CT molecular complexity index is 348. The summed E-state index contributed by atoms with van der Waals surface area (Å²) in [6.07, 6.45) is 0. The van der Waals surface area contributed by atoms with E-state index in [0.717, 1.165) is 15.7 Å². The van der Waals surface area contributed by atoms with Gasteiger partial charge in [-0.1, -0.05) is 42.9 Å². The van der Waals surface area contributed by atoms with Gasteiger partial charge in [-0.15, -0.1) is 0 Å². The molecule has 1 aromatic carbocycles. The van der Waals surface area contributed by atoms with Crippen LogP contribution in [0.25, 0.3) is 0 Å². The minimum absolute atomic E-state index is 0.300. The van der Waals surface area contributed by atoms with Crippen LogP contribution in [0.3, 0.4) is 0 Å². The lowest BCUT2D eigenvalue weighted by Crippen LogP contribution is -2.05. The quantitative estimate of drug-likeness (QED) is 0.642. The maximum Gasteiger partial charge on any atom is 0.0871 e. The van der Waals surface area contributed by atoms with E-state index in [1.165, 1.54) is 5.56 Å². The van der Waals surface area contributed by atoms with Crippen LogP contribution in [0, 0.1) is 0 Å². The molecule has 1 unspecified atom stereocenters. The van der Waals surface area contributed by atoms with Gasteiger partial charge in [0.15, 0.2) is 0 Å². The average Bonchev–Trinajstić information content (AvgIpc) is 2.32. The fraction of sp³-hybridized carbons (Fsp3) is 0.222. The van der Waals surface area contributed by atoms with Gasteiger partial charge in [0, 0.05) is 5.92 Å². The Morgan fingerprint density at radius 3 is 2.92 bits per heavy atom. The van der Waals surface area contributed by atoms with Crippen molar-refractivity contribution in [3.8, 4) is 0 Å². The molecule has 0 spiro atoms. The number of nitrogens with one attached hydrogen (secondary N) is 1. The number of hydrogen-bond donors (Lipinski definition) is 1. The first-order valence-corrected chi connectivity index (χ1v) is 4.58. The highest BCUT2D eigenvalue weighted by Crippen LogP contribution is 2.37. The number of thiocarbonyl (C=S) groups is 1. The molecule has 0 bridgehead atoms. The Hall–Kier alpha value is -0.600. The lowest BCUT2D eigenvalue weighted by molar-refractivity contribution is 1.07. The Morgan fingerprint density at radius 1 is 1.50 bits per heavy atom. The molecular formula is C9H8ClNS.